The number of hydrogen-bond acceptors (Lipinski definition) is 1. The lowest BCUT2D eigenvalue weighted by Gasteiger charge is -2.28. The molecule has 1 aromatic heterocycles. The van der Waals surface area contributed by atoms with Gasteiger partial charge in [-0.05, 0) is 89.4 Å². The number of aromatic nitrogens is 1. The van der Waals surface area contributed by atoms with Crippen LogP contribution < -0.4 is 4.90 Å². The molecule has 2 unspecified atom stereocenters. The van der Waals surface area contributed by atoms with Crippen LogP contribution in [0.5, 0.6) is 0 Å². The van der Waals surface area contributed by atoms with Crippen molar-refractivity contribution in [3.05, 3.63) is 160 Å². The van der Waals surface area contributed by atoms with E-state index in [2.05, 4.69) is 169 Å². The molecular weight excluding hydrogens is 556 g/mol. The molecule has 46 heavy (non-hydrogen) atoms. The van der Waals surface area contributed by atoms with E-state index in [9.17, 15) is 0 Å². The fraction of sp³-hybridized carbons (Fsp3) is 0.182. The van der Waals surface area contributed by atoms with Gasteiger partial charge in [-0.2, -0.15) is 0 Å². The summed E-state index contributed by atoms with van der Waals surface area (Å²) in [4.78, 5) is 2.52. The van der Waals surface area contributed by atoms with Gasteiger partial charge in [0.25, 0.3) is 0 Å². The minimum atomic E-state index is 0.418. The van der Waals surface area contributed by atoms with Crippen LogP contribution in [0.1, 0.15) is 59.7 Å². The largest absolute Gasteiger partial charge is 0.364 e. The molecule has 0 fully saturated rings. The summed E-state index contributed by atoms with van der Waals surface area (Å²) in [5, 5.41) is 1.41. The minimum absolute atomic E-state index is 0.418. The average molecular weight is 597 g/mol. The number of rotatable bonds is 7. The van der Waals surface area contributed by atoms with Gasteiger partial charge in [-0.3, -0.25) is 0 Å². The number of para-hydroxylation sites is 1. The maximum atomic E-state index is 2.52. The normalized spacial score (nSPS) is 18.4. The van der Waals surface area contributed by atoms with Crippen molar-refractivity contribution < 1.29 is 0 Å². The third-order valence-corrected chi connectivity index (χ3v) is 10.0. The van der Waals surface area contributed by atoms with Gasteiger partial charge in [-0.15, -0.1) is 0 Å². The third-order valence-electron chi connectivity index (χ3n) is 10.0. The quantitative estimate of drug-likeness (QED) is 0.170. The Kier molecular flexibility index (Phi) is 7.42. The highest BCUT2D eigenvalue weighted by atomic mass is 15.2. The molecular formula is C44H40N2. The molecule has 0 radical (unpaired) electrons. The van der Waals surface area contributed by atoms with E-state index in [1.165, 1.54) is 66.8 Å². The van der Waals surface area contributed by atoms with Gasteiger partial charge in [0.05, 0.1) is 6.04 Å². The molecule has 2 heteroatoms. The molecule has 4 aromatic carbocycles. The van der Waals surface area contributed by atoms with E-state index in [0.29, 0.717) is 12.0 Å². The van der Waals surface area contributed by atoms with E-state index in [4.69, 9.17) is 0 Å². The van der Waals surface area contributed by atoms with Crippen molar-refractivity contribution in [2.24, 2.45) is 0 Å². The van der Waals surface area contributed by atoms with Gasteiger partial charge >= 0.3 is 0 Å². The topological polar surface area (TPSA) is 8.17 Å². The van der Waals surface area contributed by atoms with E-state index in [1.54, 1.807) is 0 Å². The number of fused-ring (bicyclic) bond motifs is 6. The highest BCUT2D eigenvalue weighted by Gasteiger charge is 2.35. The van der Waals surface area contributed by atoms with E-state index in [0.717, 1.165) is 25.9 Å². The molecule has 0 N–H and O–H groups in total. The van der Waals surface area contributed by atoms with Gasteiger partial charge in [-0.25, -0.2) is 0 Å². The molecule has 0 bridgehead atoms. The Morgan fingerprint density at radius 3 is 2.15 bits per heavy atom. The Bertz CT molecular complexity index is 2060. The van der Waals surface area contributed by atoms with Crippen LogP contribution in [0, 0.1) is 0 Å². The molecule has 2 nitrogen and oxygen atoms in total. The lowest BCUT2D eigenvalue weighted by molar-refractivity contribution is 0.685. The van der Waals surface area contributed by atoms with E-state index in [1.807, 2.05) is 0 Å². The first kappa shape index (κ1) is 28.4. The van der Waals surface area contributed by atoms with Gasteiger partial charge in [0.2, 0.25) is 0 Å². The average Bonchev–Trinajstić information content (AvgIpc) is 3.61. The van der Waals surface area contributed by atoms with Crippen LogP contribution in [0.15, 0.2) is 127 Å². The molecule has 0 saturated carbocycles. The van der Waals surface area contributed by atoms with E-state index in [-0.39, 0.29) is 0 Å². The predicted molar refractivity (Wildman–Crippen MR) is 198 cm³/mol. The van der Waals surface area contributed by atoms with Gasteiger partial charge in [0, 0.05) is 41.3 Å². The van der Waals surface area contributed by atoms with E-state index < -0.39 is 0 Å². The van der Waals surface area contributed by atoms with Gasteiger partial charge in [-0.1, -0.05) is 127 Å². The molecule has 0 saturated heterocycles. The van der Waals surface area contributed by atoms with Crippen LogP contribution in [0.25, 0.3) is 46.3 Å². The fourth-order valence-electron chi connectivity index (χ4n) is 7.68. The number of likely N-dealkylation sites (N-methyl/N-ethyl adjacent to an activating group) is 1. The molecule has 2 heterocycles. The smallest absolute Gasteiger partial charge is 0.0580 e. The summed E-state index contributed by atoms with van der Waals surface area (Å²) in [7, 11) is 0. The lowest BCUT2D eigenvalue weighted by Crippen LogP contribution is -2.32. The number of nitrogens with zero attached hydrogens (tertiary/aromatic N) is 2. The first-order valence-corrected chi connectivity index (χ1v) is 16.8. The number of benzene rings is 4. The molecule has 8 rings (SSSR count). The Morgan fingerprint density at radius 2 is 1.41 bits per heavy atom. The third kappa shape index (κ3) is 5.08. The maximum absolute atomic E-state index is 2.52. The molecule has 3 aliphatic rings. The number of aryl methyl sites for hydroxylation is 2. The van der Waals surface area contributed by atoms with E-state index >= 15 is 0 Å². The number of hydrogen-bond donors (Lipinski definition) is 0. The van der Waals surface area contributed by atoms with Crippen LogP contribution in [0.4, 0.5) is 5.69 Å². The monoisotopic (exact) mass is 596 g/mol. The Labute approximate surface area is 273 Å². The minimum Gasteiger partial charge on any atom is -0.364 e. The van der Waals surface area contributed by atoms with Crippen LogP contribution in [0.2, 0.25) is 0 Å². The summed E-state index contributed by atoms with van der Waals surface area (Å²) in [6, 6.07) is 34.0. The number of anilines is 1. The molecule has 0 spiro atoms. The summed E-state index contributed by atoms with van der Waals surface area (Å²) < 4.78 is 2.46. The molecule has 226 valence electrons. The molecule has 0 amide bonds. The highest BCUT2D eigenvalue weighted by Crippen LogP contribution is 2.44. The van der Waals surface area contributed by atoms with Crippen molar-refractivity contribution in [1.29, 1.82) is 0 Å². The van der Waals surface area contributed by atoms with Crippen LogP contribution in [0.3, 0.4) is 0 Å². The van der Waals surface area contributed by atoms with Crippen molar-refractivity contribution in [3.63, 3.8) is 0 Å². The summed E-state index contributed by atoms with van der Waals surface area (Å²) in [6.07, 6.45) is 22.9. The summed E-state index contributed by atoms with van der Waals surface area (Å²) in [5.74, 6) is 0.418. The predicted octanol–water partition coefficient (Wildman–Crippen LogP) is 11.0. The zero-order valence-electron chi connectivity index (χ0n) is 26.7. The first-order valence-electron chi connectivity index (χ1n) is 16.8. The second-order valence-corrected chi connectivity index (χ2v) is 12.6. The van der Waals surface area contributed by atoms with Crippen LogP contribution >= 0.6 is 0 Å². The van der Waals surface area contributed by atoms with Crippen molar-refractivity contribution in [2.45, 2.75) is 45.2 Å². The fourth-order valence-corrected chi connectivity index (χ4v) is 7.68. The Balaban J connectivity index is 0.944. The van der Waals surface area contributed by atoms with Crippen LogP contribution in [-0.4, -0.2) is 17.2 Å². The zero-order valence-corrected chi connectivity index (χ0v) is 26.7. The second-order valence-electron chi connectivity index (χ2n) is 12.6. The molecule has 2 atom stereocenters. The van der Waals surface area contributed by atoms with Gasteiger partial charge in [0.1, 0.15) is 0 Å². The zero-order chi connectivity index (χ0) is 31.0. The van der Waals surface area contributed by atoms with Crippen molar-refractivity contribution >= 4 is 40.9 Å². The van der Waals surface area contributed by atoms with Crippen molar-refractivity contribution in [2.75, 3.05) is 11.4 Å². The second kappa shape index (κ2) is 12.0. The molecule has 1 aliphatic heterocycles. The lowest BCUT2D eigenvalue weighted by atomic mass is 9.88. The molecule has 5 aromatic rings. The van der Waals surface area contributed by atoms with Gasteiger partial charge < -0.3 is 9.47 Å². The highest BCUT2D eigenvalue weighted by molar-refractivity contribution is 5.91. The van der Waals surface area contributed by atoms with Crippen molar-refractivity contribution in [3.8, 4) is 11.1 Å². The first-order chi connectivity index (χ1) is 22.7. The Hall–Kier alpha value is -5.08. The summed E-state index contributed by atoms with van der Waals surface area (Å²) in [5.41, 5.74) is 14.5. The molecule has 2 aliphatic carbocycles. The summed E-state index contributed by atoms with van der Waals surface area (Å²) >= 11 is 0. The summed E-state index contributed by atoms with van der Waals surface area (Å²) in [6.45, 7) is 6.51. The number of allylic oxidation sites excluding steroid dienone is 4. The Morgan fingerprint density at radius 1 is 0.717 bits per heavy atom. The standard InChI is InChI=1S/C44H40N2/c1-3-45-42-12-8-6-10-38(42)40-29-33(22-28-43(40)45)15-13-31-17-23-35(24-18-31)36-25-19-32(20-26-36)14-16-34-21-27-39-37-9-5-7-11-41(37)46(4-2)44(39)30-34/h6-8,10-30,40,43H,3-5,9H2,1-2H3/b15-13+,16-14+. The van der Waals surface area contributed by atoms with Gasteiger partial charge in [0.15, 0.2) is 0 Å². The SMILES string of the molecule is CCN1c2ccccc2C2C=C(/C=C/c3ccc(-c4ccc(/C=C/c5ccc6c7c(n(CC)c6c5)C=CCC7)cc4)cc3)C=CC21. The van der Waals surface area contributed by atoms with Crippen LogP contribution in [-0.2, 0) is 13.0 Å². The maximum Gasteiger partial charge on any atom is 0.0580 e. The van der Waals surface area contributed by atoms with Crippen molar-refractivity contribution in [1.82, 2.24) is 4.57 Å².